The number of nitrogens with zero attached hydrogens (tertiary/aromatic N) is 2. The first-order valence-electron chi connectivity index (χ1n) is 6.84. The summed E-state index contributed by atoms with van der Waals surface area (Å²) in [6.07, 6.45) is 3.40. The molecule has 1 N–H and O–H groups in total. The fourth-order valence-corrected chi connectivity index (χ4v) is 1.99. The average Bonchev–Trinajstić information content (AvgIpc) is 2.41. The lowest BCUT2D eigenvalue weighted by Crippen LogP contribution is -2.07. The number of hydrogen-bond donors (Lipinski definition) is 1. The molecule has 0 saturated heterocycles. The number of ether oxygens (including phenoxy) is 1. The second-order valence-corrected chi connectivity index (χ2v) is 5.17. The molecule has 20 heavy (non-hydrogen) atoms. The summed E-state index contributed by atoms with van der Waals surface area (Å²) in [5.41, 5.74) is 3.24. The van der Waals surface area contributed by atoms with Gasteiger partial charge in [0.25, 0.3) is 0 Å². The Labute approximate surface area is 120 Å². The number of rotatable bonds is 5. The molecular formula is C16H21N3O. The third kappa shape index (κ3) is 3.54. The van der Waals surface area contributed by atoms with Crippen LogP contribution in [0.3, 0.4) is 0 Å². The molecule has 4 nitrogen and oxygen atoms in total. The maximum absolute atomic E-state index is 5.89. The van der Waals surface area contributed by atoms with E-state index in [1.165, 1.54) is 11.1 Å². The van der Waals surface area contributed by atoms with Crippen LogP contribution >= 0.6 is 0 Å². The van der Waals surface area contributed by atoms with E-state index in [4.69, 9.17) is 4.74 Å². The minimum absolute atomic E-state index is 0.405. The topological polar surface area (TPSA) is 47.0 Å². The molecule has 1 aromatic heterocycles. The molecule has 0 radical (unpaired) electrons. The van der Waals surface area contributed by atoms with Crippen LogP contribution in [0.4, 0.5) is 0 Å². The van der Waals surface area contributed by atoms with Crippen molar-refractivity contribution < 1.29 is 4.74 Å². The molecule has 0 aliphatic carbocycles. The number of aromatic nitrogens is 2. The molecule has 0 spiro atoms. The third-order valence-corrected chi connectivity index (χ3v) is 3.05. The zero-order valence-corrected chi connectivity index (χ0v) is 12.5. The van der Waals surface area contributed by atoms with Crippen molar-refractivity contribution in [3.05, 3.63) is 47.4 Å². The van der Waals surface area contributed by atoms with E-state index in [9.17, 15) is 0 Å². The van der Waals surface area contributed by atoms with Gasteiger partial charge in [-0.1, -0.05) is 26.0 Å². The van der Waals surface area contributed by atoms with Crippen molar-refractivity contribution in [2.45, 2.75) is 33.2 Å². The largest absolute Gasteiger partial charge is 0.437 e. The van der Waals surface area contributed by atoms with Gasteiger partial charge in [0, 0.05) is 6.54 Å². The highest BCUT2D eigenvalue weighted by Gasteiger charge is 2.10. The highest BCUT2D eigenvalue weighted by molar-refractivity contribution is 5.40. The van der Waals surface area contributed by atoms with Gasteiger partial charge >= 0.3 is 0 Å². The first kappa shape index (κ1) is 14.5. The van der Waals surface area contributed by atoms with E-state index in [2.05, 4.69) is 48.2 Å². The fourth-order valence-electron chi connectivity index (χ4n) is 1.99. The zero-order chi connectivity index (χ0) is 14.5. The van der Waals surface area contributed by atoms with E-state index in [1.807, 2.05) is 13.1 Å². The van der Waals surface area contributed by atoms with Gasteiger partial charge in [-0.15, -0.1) is 0 Å². The smallest absolute Gasteiger partial charge is 0.237 e. The van der Waals surface area contributed by atoms with Crippen LogP contribution in [-0.4, -0.2) is 17.0 Å². The SMILES string of the molecule is CNCc1cnc(Oc2cc(C)ccc2C(C)C)cn1. The Balaban J connectivity index is 2.22. The number of hydrogen-bond acceptors (Lipinski definition) is 4. The fraction of sp³-hybridized carbons (Fsp3) is 0.375. The summed E-state index contributed by atoms with van der Waals surface area (Å²) in [7, 11) is 1.88. The van der Waals surface area contributed by atoms with Gasteiger partial charge in [0.15, 0.2) is 0 Å². The van der Waals surface area contributed by atoms with Gasteiger partial charge < -0.3 is 10.1 Å². The maximum atomic E-state index is 5.89. The molecule has 1 aromatic carbocycles. The Hall–Kier alpha value is -1.94. The zero-order valence-electron chi connectivity index (χ0n) is 12.5. The van der Waals surface area contributed by atoms with Gasteiger partial charge in [0.1, 0.15) is 5.75 Å². The van der Waals surface area contributed by atoms with Crippen LogP contribution in [0.5, 0.6) is 11.6 Å². The van der Waals surface area contributed by atoms with Crippen molar-refractivity contribution >= 4 is 0 Å². The average molecular weight is 271 g/mol. The molecule has 0 aliphatic heterocycles. The second-order valence-electron chi connectivity index (χ2n) is 5.17. The Kier molecular flexibility index (Phi) is 4.69. The summed E-state index contributed by atoms with van der Waals surface area (Å²) in [6, 6.07) is 6.25. The highest BCUT2D eigenvalue weighted by Crippen LogP contribution is 2.30. The van der Waals surface area contributed by atoms with Crippen molar-refractivity contribution in [3.8, 4) is 11.6 Å². The van der Waals surface area contributed by atoms with E-state index in [0.29, 0.717) is 18.3 Å². The monoisotopic (exact) mass is 271 g/mol. The van der Waals surface area contributed by atoms with E-state index >= 15 is 0 Å². The molecule has 0 aliphatic rings. The van der Waals surface area contributed by atoms with Crippen LogP contribution in [-0.2, 0) is 6.54 Å². The van der Waals surface area contributed by atoms with Gasteiger partial charge in [-0.25, -0.2) is 4.98 Å². The Morgan fingerprint density at radius 1 is 1.20 bits per heavy atom. The van der Waals surface area contributed by atoms with Crippen molar-refractivity contribution in [1.29, 1.82) is 0 Å². The van der Waals surface area contributed by atoms with Crippen LogP contribution in [0.2, 0.25) is 0 Å². The maximum Gasteiger partial charge on any atom is 0.237 e. The third-order valence-electron chi connectivity index (χ3n) is 3.05. The molecule has 106 valence electrons. The second kappa shape index (κ2) is 6.48. The van der Waals surface area contributed by atoms with Crippen LogP contribution < -0.4 is 10.1 Å². The van der Waals surface area contributed by atoms with Crippen molar-refractivity contribution in [3.63, 3.8) is 0 Å². The van der Waals surface area contributed by atoms with Gasteiger partial charge in [0.05, 0.1) is 18.1 Å². The molecule has 0 amide bonds. The molecule has 4 heteroatoms. The lowest BCUT2D eigenvalue weighted by molar-refractivity contribution is 0.450. The number of aryl methyl sites for hydroxylation is 1. The van der Waals surface area contributed by atoms with Crippen LogP contribution in [0.25, 0.3) is 0 Å². The first-order valence-corrected chi connectivity index (χ1v) is 6.84. The normalized spacial score (nSPS) is 10.8. The van der Waals surface area contributed by atoms with Gasteiger partial charge in [-0.05, 0) is 37.1 Å². The van der Waals surface area contributed by atoms with E-state index in [0.717, 1.165) is 11.4 Å². The molecule has 2 aromatic rings. The van der Waals surface area contributed by atoms with Crippen LogP contribution in [0, 0.1) is 6.92 Å². The summed E-state index contributed by atoms with van der Waals surface area (Å²) >= 11 is 0. The summed E-state index contributed by atoms with van der Waals surface area (Å²) in [6.45, 7) is 7.06. The first-order chi connectivity index (χ1) is 9.60. The summed E-state index contributed by atoms with van der Waals surface area (Å²) < 4.78 is 5.89. The van der Waals surface area contributed by atoms with Crippen molar-refractivity contribution in [1.82, 2.24) is 15.3 Å². The van der Waals surface area contributed by atoms with Crippen LogP contribution in [0.1, 0.15) is 36.6 Å². The molecule has 0 saturated carbocycles. The minimum atomic E-state index is 0.405. The number of nitrogens with one attached hydrogen (secondary N) is 1. The highest BCUT2D eigenvalue weighted by atomic mass is 16.5. The van der Waals surface area contributed by atoms with Gasteiger partial charge in [0.2, 0.25) is 5.88 Å². The Bertz CT molecular complexity index is 564. The standard InChI is InChI=1S/C16H21N3O/c1-11(2)14-6-5-12(3)7-15(14)20-16-10-18-13(8-17-4)9-19-16/h5-7,9-11,17H,8H2,1-4H3. The van der Waals surface area contributed by atoms with Crippen molar-refractivity contribution in [2.75, 3.05) is 7.05 Å². The molecular weight excluding hydrogens is 250 g/mol. The van der Waals surface area contributed by atoms with E-state index < -0.39 is 0 Å². The lowest BCUT2D eigenvalue weighted by atomic mass is 10.0. The molecule has 0 bridgehead atoms. The summed E-state index contributed by atoms with van der Waals surface area (Å²) in [5, 5.41) is 3.04. The summed E-state index contributed by atoms with van der Waals surface area (Å²) in [4.78, 5) is 8.61. The lowest BCUT2D eigenvalue weighted by Gasteiger charge is -2.14. The van der Waals surface area contributed by atoms with E-state index in [1.54, 1.807) is 12.4 Å². The van der Waals surface area contributed by atoms with E-state index in [-0.39, 0.29) is 0 Å². The predicted octanol–water partition coefficient (Wildman–Crippen LogP) is 3.42. The van der Waals surface area contributed by atoms with Gasteiger partial charge in [-0.3, -0.25) is 4.98 Å². The molecule has 0 unspecified atom stereocenters. The Morgan fingerprint density at radius 3 is 2.60 bits per heavy atom. The predicted molar refractivity (Wildman–Crippen MR) is 80.1 cm³/mol. The Morgan fingerprint density at radius 2 is 2.00 bits per heavy atom. The minimum Gasteiger partial charge on any atom is -0.437 e. The van der Waals surface area contributed by atoms with Crippen LogP contribution in [0.15, 0.2) is 30.6 Å². The van der Waals surface area contributed by atoms with Crippen molar-refractivity contribution in [2.24, 2.45) is 0 Å². The van der Waals surface area contributed by atoms with Gasteiger partial charge in [-0.2, -0.15) is 0 Å². The number of benzene rings is 1. The molecule has 0 atom stereocenters. The quantitative estimate of drug-likeness (QED) is 0.905. The molecule has 1 heterocycles. The summed E-state index contributed by atoms with van der Waals surface area (Å²) in [5.74, 6) is 1.79. The molecule has 2 rings (SSSR count). The molecule has 0 fully saturated rings.